The molecule has 4 heteroatoms. The van der Waals surface area contributed by atoms with Crippen molar-refractivity contribution < 1.29 is 0 Å². The van der Waals surface area contributed by atoms with E-state index < -0.39 is 0 Å². The van der Waals surface area contributed by atoms with Crippen molar-refractivity contribution in [1.29, 1.82) is 0 Å². The van der Waals surface area contributed by atoms with Crippen molar-refractivity contribution in [2.75, 3.05) is 19.0 Å². The lowest BCUT2D eigenvalue weighted by Gasteiger charge is -2.11. The Kier molecular flexibility index (Phi) is 2.35. The summed E-state index contributed by atoms with van der Waals surface area (Å²) in [5.74, 6) is 2.46. The van der Waals surface area contributed by atoms with Gasteiger partial charge in [-0.1, -0.05) is 0 Å². The second kappa shape index (κ2) is 3.87. The lowest BCUT2D eigenvalue weighted by atomic mass is 10.2. The van der Waals surface area contributed by atoms with Crippen molar-refractivity contribution in [3.8, 4) is 11.4 Å². The van der Waals surface area contributed by atoms with E-state index in [4.69, 9.17) is 0 Å². The molecule has 2 aromatic rings. The van der Waals surface area contributed by atoms with E-state index in [0.717, 1.165) is 17.2 Å². The van der Waals surface area contributed by atoms with E-state index in [2.05, 4.69) is 44.3 Å². The molecule has 17 heavy (non-hydrogen) atoms. The van der Waals surface area contributed by atoms with Crippen LogP contribution < -0.4 is 4.90 Å². The summed E-state index contributed by atoms with van der Waals surface area (Å²) in [5, 5.41) is 7.30. The Morgan fingerprint density at radius 3 is 2.47 bits per heavy atom. The molecule has 1 aromatic heterocycles. The van der Waals surface area contributed by atoms with Crippen molar-refractivity contribution in [3.63, 3.8) is 0 Å². The topological polar surface area (TPSA) is 44.8 Å². The van der Waals surface area contributed by atoms with Gasteiger partial charge in [0.2, 0.25) is 0 Å². The third-order valence-electron chi connectivity index (χ3n) is 3.11. The average molecular weight is 228 g/mol. The Hall–Kier alpha value is -1.84. The molecule has 1 aliphatic rings. The van der Waals surface area contributed by atoms with Gasteiger partial charge in [-0.3, -0.25) is 5.10 Å². The number of aromatic nitrogens is 3. The Labute approximate surface area is 101 Å². The minimum absolute atomic E-state index is 0.622. The summed E-state index contributed by atoms with van der Waals surface area (Å²) in [7, 11) is 4.07. The fraction of sp³-hybridized carbons (Fsp3) is 0.385. The first-order valence-electron chi connectivity index (χ1n) is 5.94. The quantitative estimate of drug-likeness (QED) is 0.877. The van der Waals surface area contributed by atoms with Crippen molar-refractivity contribution in [2.24, 2.45) is 0 Å². The number of H-pyrrole nitrogens is 1. The zero-order valence-corrected chi connectivity index (χ0v) is 10.1. The van der Waals surface area contributed by atoms with E-state index in [-0.39, 0.29) is 0 Å². The van der Waals surface area contributed by atoms with Gasteiger partial charge < -0.3 is 4.90 Å². The number of anilines is 1. The maximum absolute atomic E-state index is 4.54. The molecule has 1 aliphatic carbocycles. The van der Waals surface area contributed by atoms with Gasteiger partial charge in [-0.15, -0.1) is 0 Å². The summed E-state index contributed by atoms with van der Waals surface area (Å²) < 4.78 is 0. The SMILES string of the molecule is CN(C)c1ccc(-c2n[nH]c(C3CC3)n2)cc1. The molecular weight excluding hydrogens is 212 g/mol. The molecule has 0 spiro atoms. The highest BCUT2D eigenvalue weighted by Gasteiger charge is 2.27. The van der Waals surface area contributed by atoms with Crippen molar-refractivity contribution in [3.05, 3.63) is 30.1 Å². The van der Waals surface area contributed by atoms with E-state index in [1.165, 1.54) is 18.5 Å². The van der Waals surface area contributed by atoms with Gasteiger partial charge in [0.15, 0.2) is 5.82 Å². The van der Waals surface area contributed by atoms with Gasteiger partial charge in [-0.25, -0.2) is 4.98 Å². The predicted molar refractivity (Wildman–Crippen MR) is 68.1 cm³/mol. The minimum atomic E-state index is 0.622. The summed E-state index contributed by atoms with van der Waals surface area (Å²) in [6, 6.07) is 8.30. The van der Waals surface area contributed by atoms with Crippen LogP contribution in [-0.4, -0.2) is 29.3 Å². The van der Waals surface area contributed by atoms with Gasteiger partial charge in [0.25, 0.3) is 0 Å². The van der Waals surface area contributed by atoms with Gasteiger partial charge in [0.05, 0.1) is 0 Å². The Morgan fingerprint density at radius 1 is 1.18 bits per heavy atom. The first kappa shape index (κ1) is 10.3. The number of benzene rings is 1. The maximum Gasteiger partial charge on any atom is 0.181 e. The van der Waals surface area contributed by atoms with E-state index in [1.54, 1.807) is 0 Å². The fourth-order valence-corrected chi connectivity index (χ4v) is 1.85. The van der Waals surface area contributed by atoms with Gasteiger partial charge in [-0.2, -0.15) is 5.10 Å². The van der Waals surface area contributed by atoms with Crippen LogP contribution in [0.2, 0.25) is 0 Å². The second-order valence-corrected chi connectivity index (χ2v) is 4.76. The van der Waals surface area contributed by atoms with Crippen LogP contribution in [0, 0.1) is 0 Å². The highest BCUT2D eigenvalue weighted by atomic mass is 15.2. The second-order valence-electron chi connectivity index (χ2n) is 4.76. The van der Waals surface area contributed by atoms with Crippen LogP contribution in [0.5, 0.6) is 0 Å². The van der Waals surface area contributed by atoms with Crippen LogP contribution in [0.15, 0.2) is 24.3 Å². The standard InChI is InChI=1S/C13H16N4/c1-17(2)11-7-5-10(6-8-11)13-14-12(15-16-13)9-3-4-9/h5-9H,3-4H2,1-2H3,(H,14,15,16). The smallest absolute Gasteiger partial charge is 0.181 e. The molecule has 0 bridgehead atoms. The molecule has 88 valence electrons. The number of nitrogens with one attached hydrogen (secondary N) is 1. The van der Waals surface area contributed by atoms with Gasteiger partial charge in [-0.05, 0) is 37.1 Å². The largest absolute Gasteiger partial charge is 0.378 e. The number of nitrogens with zero attached hydrogens (tertiary/aromatic N) is 3. The van der Waals surface area contributed by atoms with E-state index in [1.807, 2.05) is 14.1 Å². The average Bonchev–Trinajstić information content (AvgIpc) is 3.07. The Morgan fingerprint density at radius 2 is 1.88 bits per heavy atom. The van der Waals surface area contributed by atoms with Crippen LogP contribution >= 0.6 is 0 Å². The zero-order chi connectivity index (χ0) is 11.8. The first-order valence-corrected chi connectivity index (χ1v) is 5.94. The number of aromatic amines is 1. The normalized spacial score (nSPS) is 14.9. The van der Waals surface area contributed by atoms with Crippen molar-refractivity contribution >= 4 is 5.69 Å². The molecule has 0 amide bonds. The summed E-state index contributed by atoms with van der Waals surface area (Å²) in [6.45, 7) is 0. The van der Waals surface area contributed by atoms with Crippen molar-refractivity contribution in [1.82, 2.24) is 15.2 Å². The van der Waals surface area contributed by atoms with Gasteiger partial charge in [0.1, 0.15) is 5.82 Å². The minimum Gasteiger partial charge on any atom is -0.378 e. The maximum atomic E-state index is 4.54. The van der Waals surface area contributed by atoms with E-state index in [0.29, 0.717) is 5.92 Å². The third kappa shape index (κ3) is 2.02. The molecule has 0 saturated heterocycles. The molecule has 0 atom stereocenters. The van der Waals surface area contributed by atoms with Crippen LogP contribution in [0.1, 0.15) is 24.6 Å². The van der Waals surface area contributed by atoms with Crippen LogP contribution in [0.3, 0.4) is 0 Å². The molecule has 1 fully saturated rings. The van der Waals surface area contributed by atoms with Crippen LogP contribution in [0.4, 0.5) is 5.69 Å². The zero-order valence-electron chi connectivity index (χ0n) is 10.1. The molecule has 1 heterocycles. The third-order valence-corrected chi connectivity index (χ3v) is 3.11. The van der Waals surface area contributed by atoms with Crippen LogP contribution in [0.25, 0.3) is 11.4 Å². The predicted octanol–water partition coefficient (Wildman–Crippen LogP) is 2.42. The molecule has 1 aromatic carbocycles. The fourth-order valence-electron chi connectivity index (χ4n) is 1.85. The lowest BCUT2D eigenvalue weighted by molar-refractivity contribution is 0.935. The molecule has 0 unspecified atom stereocenters. The molecule has 1 saturated carbocycles. The Balaban J connectivity index is 1.86. The molecular formula is C13H16N4. The summed E-state index contributed by atoms with van der Waals surface area (Å²) in [5.41, 5.74) is 2.26. The molecule has 0 radical (unpaired) electrons. The summed E-state index contributed by atoms with van der Waals surface area (Å²) in [6.07, 6.45) is 2.49. The van der Waals surface area contributed by atoms with E-state index in [9.17, 15) is 0 Å². The molecule has 0 aliphatic heterocycles. The molecule has 3 rings (SSSR count). The van der Waals surface area contributed by atoms with Crippen LogP contribution in [-0.2, 0) is 0 Å². The molecule has 1 N–H and O–H groups in total. The number of hydrogen-bond donors (Lipinski definition) is 1. The monoisotopic (exact) mass is 228 g/mol. The summed E-state index contributed by atoms with van der Waals surface area (Å²) in [4.78, 5) is 6.62. The highest BCUT2D eigenvalue weighted by Crippen LogP contribution is 2.38. The summed E-state index contributed by atoms with van der Waals surface area (Å²) >= 11 is 0. The van der Waals surface area contributed by atoms with Crippen molar-refractivity contribution in [2.45, 2.75) is 18.8 Å². The number of hydrogen-bond acceptors (Lipinski definition) is 3. The Bertz CT molecular complexity index is 508. The highest BCUT2D eigenvalue weighted by molar-refractivity contribution is 5.59. The van der Waals surface area contributed by atoms with E-state index >= 15 is 0 Å². The lowest BCUT2D eigenvalue weighted by Crippen LogP contribution is -2.07. The number of rotatable bonds is 3. The van der Waals surface area contributed by atoms with Gasteiger partial charge >= 0.3 is 0 Å². The van der Waals surface area contributed by atoms with Gasteiger partial charge in [0, 0.05) is 31.3 Å². The molecule has 4 nitrogen and oxygen atoms in total. The first-order chi connectivity index (χ1) is 8.24.